The molecule has 128 valence electrons. The predicted octanol–water partition coefficient (Wildman–Crippen LogP) is 3.04. The number of nitrogens with zero attached hydrogens (tertiary/aromatic N) is 2. The van der Waals surface area contributed by atoms with Crippen LogP contribution < -0.4 is 10.6 Å². The van der Waals surface area contributed by atoms with Gasteiger partial charge in [-0.15, -0.1) is 0 Å². The van der Waals surface area contributed by atoms with Crippen LogP contribution in [0.15, 0.2) is 24.4 Å². The molecule has 3 rings (SSSR count). The quantitative estimate of drug-likeness (QED) is 0.794. The topological polar surface area (TPSA) is 79.2 Å². The minimum Gasteiger partial charge on any atom is -0.394 e. The standard InChI is InChI=1S/C17H21ClN4O2/c1-11-5-6-15(13(18)9-11)21-17(24)20-14-3-2-4-16-12(14)10-19-22(16)7-8-23/h5-6,9-10,14,23H,2-4,7-8H2,1H3,(H2,20,21,24)/t14-/m0/s1. The number of hydrogen-bond donors (Lipinski definition) is 3. The van der Waals surface area contributed by atoms with Crippen LogP contribution in [0.2, 0.25) is 5.02 Å². The highest BCUT2D eigenvalue weighted by Gasteiger charge is 2.25. The van der Waals surface area contributed by atoms with Crippen molar-refractivity contribution in [2.24, 2.45) is 0 Å². The van der Waals surface area contributed by atoms with Gasteiger partial charge in [0.1, 0.15) is 0 Å². The Morgan fingerprint density at radius 2 is 2.33 bits per heavy atom. The number of carbonyl (C=O) groups excluding carboxylic acids is 1. The monoisotopic (exact) mass is 348 g/mol. The van der Waals surface area contributed by atoms with Gasteiger partial charge < -0.3 is 15.7 Å². The Morgan fingerprint density at radius 1 is 1.50 bits per heavy atom. The maximum absolute atomic E-state index is 12.3. The summed E-state index contributed by atoms with van der Waals surface area (Å²) in [5.41, 5.74) is 3.75. The first-order valence-electron chi connectivity index (χ1n) is 8.07. The third-order valence-electron chi connectivity index (χ3n) is 4.25. The number of benzene rings is 1. The van der Waals surface area contributed by atoms with Crippen LogP contribution in [-0.2, 0) is 13.0 Å². The van der Waals surface area contributed by atoms with Crippen LogP contribution in [0.1, 0.15) is 35.7 Å². The number of aliphatic hydroxyl groups is 1. The van der Waals surface area contributed by atoms with Gasteiger partial charge in [0, 0.05) is 11.3 Å². The zero-order valence-corrected chi connectivity index (χ0v) is 14.3. The number of aliphatic hydroxyl groups excluding tert-OH is 1. The van der Waals surface area contributed by atoms with E-state index in [1.165, 1.54) is 0 Å². The summed E-state index contributed by atoms with van der Waals surface area (Å²) < 4.78 is 1.82. The molecule has 1 aromatic carbocycles. The lowest BCUT2D eigenvalue weighted by atomic mass is 9.93. The number of amides is 2. The fourth-order valence-electron chi connectivity index (χ4n) is 3.09. The summed E-state index contributed by atoms with van der Waals surface area (Å²) in [6, 6.07) is 5.15. The van der Waals surface area contributed by atoms with Gasteiger partial charge in [-0.2, -0.15) is 5.10 Å². The fraction of sp³-hybridized carbons (Fsp3) is 0.412. The first-order valence-corrected chi connectivity index (χ1v) is 8.45. The maximum Gasteiger partial charge on any atom is 0.319 e. The van der Waals surface area contributed by atoms with Crippen molar-refractivity contribution in [3.63, 3.8) is 0 Å². The smallest absolute Gasteiger partial charge is 0.319 e. The van der Waals surface area contributed by atoms with Crippen molar-refractivity contribution in [2.75, 3.05) is 11.9 Å². The number of rotatable bonds is 4. The van der Waals surface area contributed by atoms with E-state index in [9.17, 15) is 4.79 Å². The van der Waals surface area contributed by atoms with Gasteiger partial charge in [0.2, 0.25) is 0 Å². The first kappa shape index (κ1) is 16.8. The van der Waals surface area contributed by atoms with Crippen LogP contribution in [0.25, 0.3) is 0 Å². The van der Waals surface area contributed by atoms with Gasteiger partial charge in [-0.05, 0) is 43.9 Å². The molecule has 0 fully saturated rings. The van der Waals surface area contributed by atoms with E-state index >= 15 is 0 Å². The summed E-state index contributed by atoms with van der Waals surface area (Å²) in [6.45, 7) is 2.48. The van der Waals surface area contributed by atoms with E-state index in [0.29, 0.717) is 17.3 Å². The van der Waals surface area contributed by atoms with Crippen LogP contribution in [-0.4, -0.2) is 27.5 Å². The molecule has 0 saturated carbocycles. The average molecular weight is 349 g/mol. The Morgan fingerprint density at radius 3 is 3.08 bits per heavy atom. The SMILES string of the molecule is Cc1ccc(NC(=O)N[C@H]2CCCc3c2cnn3CCO)c(Cl)c1. The lowest BCUT2D eigenvalue weighted by Crippen LogP contribution is -2.34. The number of halogens is 1. The molecule has 1 aromatic heterocycles. The number of nitrogens with one attached hydrogen (secondary N) is 2. The van der Waals surface area contributed by atoms with Crippen molar-refractivity contribution in [1.82, 2.24) is 15.1 Å². The molecule has 0 bridgehead atoms. The normalized spacial score (nSPS) is 16.5. The number of hydrogen-bond acceptors (Lipinski definition) is 3. The maximum atomic E-state index is 12.3. The summed E-state index contributed by atoms with van der Waals surface area (Å²) >= 11 is 6.16. The number of aryl methyl sites for hydroxylation is 1. The third-order valence-corrected chi connectivity index (χ3v) is 4.57. The Bertz CT molecular complexity index is 744. The fourth-order valence-corrected chi connectivity index (χ4v) is 3.38. The van der Waals surface area contributed by atoms with Gasteiger partial charge in [-0.25, -0.2) is 4.79 Å². The summed E-state index contributed by atoms with van der Waals surface area (Å²) in [5, 5.41) is 19.7. The Hall–Kier alpha value is -2.05. The minimum atomic E-state index is -0.284. The molecule has 24 heavy (non-hydrogen) atoms. The molecule has 2 amide bonds. The van der Waals surface area contributed by atoms with Crippen molar-refractivity contribution in [3.05, 3.63) is 46.2 Å². The minimum absolute atomic E-state index is 0.0542. The van der Waals surface area contributed by atoms with E-state index < -0.39 is 0 Å². The predicted molar refractivity (Wildman–Crippen MR) is 93.3 cm³/mol. The molecule has 1 heterocycles. The highest BCUT2D eigenvalue weighted by Crippen LogP contribution is 2.30. The zero-order valence-electron chi connectivity index (χ0n) is 13.6. The summed E-state index contributed by atoms with van der Waals surface area (Å²) in [5.74, 6) is 0. The summed E-state index contributed by atoms with van der Waals surface area (Å²) in [4.78, 5) is 12.3. The molecular weight excluding hydrogens is 328 g/mol. The van der Waals surface area contributed by atoms with Crippen molar-refractivity contribution in [3.8, 4) is 0 Å². The molecule has 0 spiro atoms. The zero-order chi connectivity index (χ0) is 17.1. The van der Waals surface area contributed by atoms with Gasteiger partial charge in [-0.1, -0.05) is 17.7 Å². The molecule has 0 unspecified atom stereocenters. The first-order chi connectivity index (χ1) is 11.6. The molecule has 7 heteroatoms. The molecule has 6 nitrogen and oxygen atoms in total. The molecule has 1 atom stereocenters. The molecule has 1 aliphatic carbocycles. The second-order valence-electron chi connectivity index (χ2n) is 6.02. The van der Waals surface area contributed by atoms with Crippen molar-refractivity contribution >= 4 is 23.3 Å². The molecule has 1 aliphatic rings. The average Bonchev–Trinajstić information content (AvgIpc) is 2.95. The van der Waals surface area contributed by atoms with Crippen LogP contribution in [0.5, 0.6) is 0 Å². The van der Waals surface area contributed by atoms with Crippen LogP contribution in [0.3, 0.4) is 0 Å². The Kier molecular flexibility index (Phi) is 5.06. The number of fused-ring (bicyclic) bond motifs is 1. The molecule has 3 N–H and O–H groups in total. The van der Waals surface area contributed by atoms with Crippen molar-refractivity contribution < 1.29 is 9.90 Å². The number of anilines is 1. The highest BCUT2D eigenvalue weighted by atomic mass is 35.5. The largest absolute Gasteiger partial charge is 0.394 e. The van der Waals surface area contributed by atoms with Crippen LogP contribution in [0.4, 0.5) is 10.5 Å². The lowest BCUT2D eigenvalue weighted by molar-refractivity contribution is 0.246. The van der Waals surface area contributed by atoms with Gasteiger partial charge >= 0.3 is 6.03 Å². The van der Waals surface area contributed by atoms with E-state index in [2.05, 4.69) is 15.7 Å². The van der Waals surface area contributed by atoms with Gasteiger partial charge in [0.25, 0.3) is 0 Å². The van der Waals surface area contributed by atoms with E-state index in [1.54, 1.807) is 12.3 Å². The summed E-state index contributed by atoms with van der Waals surface area (Å²) in [7, 11) is 0. The molecule has 0 saturated heterocycles. The Labute approximate surface area is 145 Å². The Balaban J connectivity index is 1.69. The number of urea groups is 1. The summed E-state index contributed by atoms with van der Waals surface area (Å²) in [6.07, 6.45) is 4.54. The molecule has 0 radical (unpaired) electrons. The third kappa shape index (κ3) is 3.55. The second kappa shape index (κ2) is 7.23. The van der Waals surface area contributed by atoms with Gasteiger partial charge in [-0.3, -0.25) is 4.68 Å². The molecular formula is C17H21ClN4O2. The molecule has 0 aliphatic heterocycles. The van der Waals surface area contributed by atoms with Crippen molar-refractivity contribution in [2.45, 2.75) is 38.8 Å². The van der Waals surface area contributed by atoms with Crippen LogP contribution in [0, 0.1) is 6.92 Å². The second-order valence-corrected chi connectivity index (χ2v) is 6.43. The highest BCUT2D eigenvalue weighted by molar-refractivity contribution is 6.33. The number of carbonyl (C=O) groups is 1. The lowest BCUT2D eigenvalue weighted by Gasteiger charge is -2.24. The van der Waals surface area contributed by atoms with Crippen molar-refractivity contribution in [1.29, 1.82) is 0 Å². The van der Waals surface area contributed by atoms with E-state index in [4.69, 9.17) is 16.7 Å². The van der Waals surface area contributed by atoms with E-state index in [0.717, 1.165) is 36.1 Å². The molecule has 2 aromatic rings. The van der Waals surface area contributed by atoms with Gasteiger partial charge in [0.05, 0.1) is 36.1 Å². The van der Waals surface area contributed by atoms with E-state index in [-0.39, 0.29) is 18.7 Å². The van der Waals surface area contributed by atoms with Gasteiger partial charge in [0.15, 0.2) is 0 Å². The number of aromatic nitrogens is 2. The van der Waals surface area contributed by atoms with E-state index in [1.807, 2.05) is 23.7 Å². The van der Waals surface area contributed by atoms with Crippen LogP contribution >= 0.6 is 11.6 Å².